The number of nitrogens with zero attached hydrogens (tertiary/aromatic N) is 2. The first-order chi connectivity index (χ1) is 11.4. The van der Waals surface area contributed by atoms with Crippen LogP contribution in [0.4, 0.5) is 4.79 Å². The van der Waals surface area contributed by atoms with E-state index in [2.05, 4.69) is 5.32 Å². The van der Waals surface area contributed by atoms with Crippen LogP contribution in [-0.2, 0) is 14.3 Å². The molecule has 2 aliphatic heterocycles. The van der Waals surface area contributed by atoms with Crippen molar-refractivity contribution in [2.75, 3.05) is 26.8 Å². The van der Waals surface area contributed by atoms with Gasteiger partial charge < -0.3 is 15.0 Å². The zero-order valence-electron chi connectivity index (χ0n) is 13.8. The van der Waals surface area contributed by atoms with E-state index < -0.39 is 11.6 Å². The molecule has 0 radical (unpaired) electrons. The number of hydrogen-bond donors (Lipinski definition) is 1. The van der Waals surface area contributed by atoms with Crippen molar-refractivity contribution >= 4 is 17.8 Å². The van der Waals surface area contributed by atoms with Crippen LogP contribution in [0, 0.1) is 0 Å². The highest BCUT2D eigenvalue weighted by Gasteiger charge is 2.53. The minimum absolute atomic E-state index is 0.150. The fraction of sp³-hybridized carbons (Fsp3) is 0.471. The molecule has 1 spiro atoms. The van der Waals surface area contributed by atoms with Crippen molar-refractivity contribution in [1.82, 2.24) is 15.1 Å². The zero-order chi connectivity index (χ0) is 17.3. The molecule has 2 saturated heterocycles. The Morgan fingerprint density at radius 3 is 2.71 bits per heavy atom. The Kier molecular flexibility index (Phi) is 4.28. The number of benzene rings is 1. The van der Waals surface area contributed by atoms with E-state index in [0.29, 0.717) is 13.0 Å². The lowest BCUT2D eigenvalue weighted by Crippen LogP contribution is -2.48. The third-order valence-corrected chi connectivity index (χ3v) is 4.82. The van der Waals surface area contributed by atoms with E-state index in [0.717, 1.165) is 10.5 Å². The van der Waals surface area contributed by atoms with Crippen molar-refractivity contribution in [2.45, 2.75) is 24.9 Å². The maximum atomic E-state index is 12.5. The van der Waals surface area contributed by atoms with E-state index in [1.807, 2.05) is 37.3 Å². The SMILES string of the molecule is C[C@H](c1ccccc1)N(C)C(=O)CN1C(=O)N[C@@]2(CCOC2)C1=O. The van der Waals surface area contributed by atoms with Crippen LogP contribution in [-0.4, -0.2) is 60.0 Å². The van der Waals surface area contributed by atoms with E-state index in [-0.39, 0.29) is 31.0 Å². The molecule has 0 saturated carbocycles. The second-order valence-electron chi connectivity index (χ2n) is 6.30. The number of imide groups is 1. The Morgan fingerprint density at radius 1 is 1.38 bits per heavy atom. The summed E-state index contributed by atoms with van der Waals surface area (Å²) in [7, 11) is 1.67. The summed E-state index contributed by atoms with van der Waals surface area (Å²) in [6.45, 7) is 2.24. The highest BCUT2D eigenvalue weighted by atomic mass is 16.5. The molecule has 2 heterocycles. The summed E-state index contributed by atoms with van der Waals surface area (Å²) in [5, 5.41) is 2.68. The van der Waals surface area contributed by atoms with Gasteiger partial charge in [0.15, 0.2) is 0 Å². The van der Waals surface area contributed by atoms with Crippen LogP contribution < -0.4 is 5.32 Å². The van der Waals surface area contributed by atoms with Crippen molar-refractivity contribution in [3.63, 3.8) is 0 Å². The molecule has 2 aliphatic rings. The van der Waals surface area contributed by atoms with Gasteiger partial charge in [0.05, 0.1) is 12.6 Å². The van der Waals surface area contributed by atoms with Gasteiger partial charge in [0, 0.05) is 20.1 Å². The predicted molar refractivity (Wildman–Crippen MR) is 86.0 cm³/mol. The van der Waals surface area contributed by atoms with Gasteiger partial charge in [0.1, 0.15) is 12.1 Å². The third kappa shape index (κ3) is 2.75. The Hall–Kier alpha value is -2.41. The van der Waals surface area contributed by atoms with Crippen LogP contribution in [0.25, 0.3) is 0 Å². The van der Waals surface area contributed by atoms with Crippen molar-refractivity contribution in [2.24, 2.45) is 0 Å². The third-order valence-electron chi connectivity index (χ3n) is 4.82. The van der Waals surface area contributed by atoms with Crippen LogP contribution in [0.5, 0.6) is 0 Å². The quantitative estimate of drug-likeness (QED) is 0.832. The number of carbonyl (C=O) groups is 3. The van der Waals surface area contributed by atoms with E-state index in [1.54, 1.807) is 11.9 Å². The maximum Gasteiger partial charge on any atom is 0.325 e. The summed E-state index contributed by atoms with van der Waals surface area (Å²) in [4.78, 5) is 39.7. The maximum absolute atomic E-state index is 12.5. The molecule has 7 heteroatoms. The van der Waals surface area contributed by atoms with Gasteiger partial charge in [-0.25, -0.2) is 4.79 Å². The molecule has 128 valence electrons. The predicted octanol–water partition coefficient (Wildman–Crippen LogP) is 0.917. The molecule has 1 aromatic carbocycles. The van der Waals surface area contributed by atoms with E-state index in [4.69, 9.17) is 4.74 Å². The van der Waals surface area contributed by atoms with Gasteiger partial charge in [-0.2, -0.15) is 0 Å². The average Bonchev–Trinajstić information content (AvgIpc) is 3.15. The summed E-state index contributed by atoms with van der Waals surface area (Å²) < 4.78 is 5.24. The largest absolute Gasteiger partial charge is 0.378 e. The molecule has 3 rings (SSSR count). The zero-order valence-corrected chi connectivity index (χ0v) is 13.8. The summed E-state index contributed by atoms with van der Waals surface area (Å²) in [5.74, 6) is -0.662. The van der Waals surface area contributed by atoms with Crippen LogP contribution >= 0.6 is 0 Å². The highest BCUT2D eigenvalue weighted by molar-refractivity contribution is 6.09. The minimum Gasteiger partial charge on any atom is -0.378 e. The fourth-order valence-corrected chi connectivity index (χ4v) is 3.07. The van der Waals surface area contributed by atoms with E-state index >= 15 is 0 Å². The number of hydrogen-bond acceptors (Lipinski definition) is 4. The first-order valence-corrected chi connectivity index (χ1v) is 7.97. The van der Waals surface area contributed by atoms with Gasteiger partial charge in [-0.1, -0.05) is 30.3 Å². The first-order valence-electron chi connectivity index (χ1n) is 7.97. The number of ether oxygens (including phenoxy) is 1. The van der Waals surface area contributed by atoms with Crippen LogP contribution in [0.1, 0.15) is 24.9 Å². The smallest absolute Gasteiger partial charge is 0.325 e. The molecule has 7 nitrogen and oxygen atoms in total. The highest BCUT2D eigenvalue weighted by Crippen LogP contribution is 2.27. The molecular formula is C17H21N3O4. The molecule has 4 amide bonds. The van der Waals surface area contributed by atoms with Gasteiger partial charge in [-0.05, 0) is 12.5 Å². The van der Waals surface area contributed by atoms with Crippen LogP contribution in [0.15, 0.2) is 30.3 Å². The first kappa shape index (κ1) is 16.4. The lowest BCUT2D eigenvalue weighted by molar-refractivity contribution is -0.139. The molecule has 0 aliphatic carbocycles. The van der Waals surface area contributed by atoms with Gasteiger partial charge in [-0.3, -0.25) is 14.5 Å². The molecule has 24 heavy (non-hydrogen) atoms. The van der Waals surface area contributed by atoms with E-state index in [9.17, 15) is 14.4 Å². The number of carbonyl (C=O) groups excluding carboxylic acids is 3. The van der Waals surface area contributed by atoms with Gasteiger partial charge in [0.25, 0.3) is 5.91 Å². The summed E-state index contributed by atoms with van der Waals surface area (Å²) in [5.41, 5.74) is 0.00673. The second kappa shape index (κ2) is 6.24. The lowest BCUT2D eigenvalue weighted by atomic mass is 9.99. The Bertz CT molecular complexity index is 655. The summed E-state index contributed by atoms with van der Waals surface area (Å²) in [6.07, 6.45) is 0.443. The molecule has 2 fully saturated rings. The Morgan fingerprint density at radius 2 is 2.08 bits per heavy atom. The summed E-state index contributed by atoms with van der Waals surface area (Å²) in [6, 6.07) is 8.92. The topological polar surface area (TPSA) is 79.0 Å². The van der Waals surface area contributed by atoms with E-state index in [1.165, 1.54) is 0 Å². The summed E-state index contributed by atoms with van der Waals surface area (Å²) >= 11 is 0. The molecule has 0 unspecified atom stereocenters. The Labute approximate surface area is 140 Å². The normalized spacial score (nSPS) is 24.3. The molecule has 2 atom stereocenters. The second-order valence-corrected chi connectivity index (χ2v) is 6.30. The van der Waals surface area contributed by atoms with Gasteiger partial charge in [-0.15, -0.1) is 0 Å². The molecular weight excluding hydrogens is 310 g/mol. The van der Waals surface area contributed by atoms with Crippen molar-refractivity contribution in [1.29, 1.82) is 0 Å². The number of likely N-dealkylation sites (N-methyl/N-ethyl adjacent to an activating group) is 1. The number of nitrogens with one attached hydrogen (secondary N) is 1. The van der Waals surface area contributed by atoms with Crippen molar-refractivity contribution in [3.05, 3.63) is 35.9 Å². The Balaban J connectivity index is 1.68. The van der Waals surface area contributed by atoms with Crippen LogP contribution in [0.3, 0.4) is 0 Å². The molecule has 1 N–H and O–H groups in total. The van der Waals surface area contributed by atoms with Crippen molar-refractivity contribution in [3.8, 4) is 0 Å². The number of amides is 4. The average molecular weight is 331 g/mol. The van der Waals surface area contributed by atoms with Gasteiger partial charge in [0.2, 0.25) is 5.91 Å². The van der Waals surface area contributed by atoms with Crippen LogP contribution in [0.2, 0.25) is 0 Å². The molecule has 1 aromatic rings. The number of urea groups is 1. The minimum atomic E-state index is -0.985. The molecule has 0 aromatic heterocycles. The monoisotopic (exact) mass is 331 g/mol. The number of rotatable bonds is 4. The lowest BCUT2D eigenvalue weighted by Gasteiger charge is -2.27. The fourth-order valence-electron chi connectivity index (χ4n) is 3.07. The van der Waals surface area contributed by atoms with Gasteiger partial charge >= 0.3 is 6.03 Å². The molecule has 0 bridgehead atoms. The standard InChI is InChI=1S/C17H21N3O4/c1-12(13-6-4-3-5-7-13)19(2)14(21)10-20-15(22)17(18-16(20)23)8-9-24-11-17/h3-7,12H,8-11H2,1-2H3,(H,18,23)/t12-,17-/m1/s1. The van der Waals surface area contributed by atoms with Crippen molar-refractivity contribution < 1.29 is 19.1 Å².